The van der Waals surface area contributed by atoms with Crippen LogP contribution in [0.5, 0.6) is 0 Å². The Labute approximate surface area is 136 Å². The van der Waals surface area contributed by atoms with Crippen LogP contribution in [0, 0.1) is 5.92 Å². The fraction of sp³-hybridized carbons (Fsp3) is 0.562. The molecule has 1 saturated carbocycles. The van der Waals surface area contributed by atoms with Crippen LogP contribution in [0.25, 0.3) is 0 Å². The molecule has 7 heteroatoms. The summed E-state index contributed by atoms with van der Waals surface area (Å²) in [5, 5.41) is 3.28. The summed E-state index contributed by atoms with van der Waals surface area (Å²) in [6.45, 7) is 1.97. The van der Waals surface area contributed by atoms with Crippen LogP contribution in [-0.4, -0.2) is 27.2 Å². The largest absolute Gasteiger partial charge is 0.462 e. The van der Waals surface area contributed by atoms with Crippen molar-refractivity contribution in [3.8, 4) is 0 Å². The van der Waals surface area contributed by atoms with Crippen LogP contribution in [0.2, 0.25) is 0 Å². The van der Waals surface area contributed by atoms with E-state index in [0.29, 0.717) is 11.6 Å². The van der Waals surface area contributed by atoms with Gasteiger partial charge in [-0.3, -0.25) is 0 Å². The number of fused-ring (bicyclic) bond motifs is 1. The van der Waals surface area contributed by atoms with E-state index in [4.69, 9.17) is 4.74 Å². The molecule has 1 fully saturated rings. The minimum atomic E-state index is -3.63. The van der Waals surface area contributed by atoms with Crippen molar-refractivity contribution in [1.82, 2.24) is 4.72 Å². The van der Waals surface area contributed by atoms with E-state index < -0.39 is 16.0 Å². The van der Waals surface area contributed by atoms with E-state index in [9.17, 15) is 13.2 Å². The molecule has 1 atom stereocenters. The van der Waals surface area contributed by atoms with E-state index in [1.807, 2.05) is 0 Å². The zero-order chi connectivity index (χ0) is 16.4. The van der Waals surface area contributed by atoms with Crippen LogP contribution >= 0.6 is 0 Å². The number of nitrogens with one attached hydrogen (secondary N) is 2. The fourth-order valence-electron chi connectivity index (χ4n) is 3.31. The van der Waals surface area contributed by atoms with Gasteiger partial charge in [-0.2, -0.15) is 4.72 Å². The second-order valence-electron chi connectivity index (χ2n) is 6.07. The van der Waals surface area contributed by atoms with Crippen LogP contribution in [0.3, 0.4) is 0 Å². The molecule has 3 rings (SSSR count). The maximum Gasteiger partial charge on any atom is 0.338 e. The average Bonchev–Trinajstić information content (AvgIpc) is 2.55. The van der Waals surface area contributed by atoms with Gasteiger partial charge in [0.2, 0.25) is 10.0 Å². The first-order chi connectivity index (χ1) is 11.0. The molecule has 2 N–H and O–H groups in total. The third kappa shape index (κ3) is 3.35. The van der Waals surface area contributed by atoms with Crippen LogP contribution < -0.4 is 10.0 Å². The predicted octanol–water partition coefficient (Wildman–Crippen LogP) is 2.47. The molecule has 0 amide bonds. The monoisotopic (exact) mass is 338 g/mol. The summed E-state index contributed by atoms with van der Waals surface area (Å²) < 4.78 is 32.8. The molecule has 0 radical (unpaired) electrons. The first kappa shape index (κ1) is 16.3. The highest BCUT2D eigenvalue weighted by Gasteiger charge is 2.34. The Kier molecular flexibility index (Phi) is 4.59. The molecule has 0 bridgehead atoms. The van der Waals surface area contributed by atoms with Crippen molar-refractivity contribution in [2.75, 3.05) is 11.9 Å². The van der Waals surface area contributed by atoms with Gasteiger partial charge in [0.05, 0.1) is 24.0 Å². The maximum atomic E-state index is 12.6. The number of sulfonamides is 1. The molecule has 1 aliphatic carbocycles. The number of esters is 1. The summed E-state index contributed by atoms with van der Waals surface area (Å²) in [5.41, 5.74) is 0.793. The van der Waals surface area contributed by atoms with Crippen LogP contribution in [-0.2, 0) is 14.8 Å². The van der Waals surface area contributed by atoms with Crippen molar-refractivity contribution in [3.63, 3.8) is 0 Å². The molecular formula is C16H22N2O4S. The van der Waals surface area contributed by atoms with E-state index in [2.05, 4.69) is 10.0 Å². The topological polar surface area (TPSA) is 84.5 Å². The van der Waals surface area contributed by atoms with E-state index in [-0.39, 0.29) is 23.2 Å². The normalized spacial score (nSPS) is 23.6. The van der Waals surface area contributed by atoms with Gasteiger partial charge in [0.15, 0.2) is 0 Å². The molecule has 1 heterocycles. The Morgan fingerprint density at radius 1 is 1.26 bits per heavy atom. The molecule has 2 aliphatic rings. The highest BCUT2D eigenvalue weighted by atomic mass is 32.2. The Bertz CT molecular complexity index is 696. The quantitative estimate of drug-likeness (QED) is 0.827. The molecule has 1 aromatic carbocycles. The van der Waals surface area contributed by atoms with Crippen molar-refractivity contribution in [2.24, 2.45) is 5.92 Å². The number of rotatable bonds is 3. The summed E-state index contributed by atoms with van der Waals surface area (Å²) >= 11 is 0. The molecule has 1 aliphatic heterocycles. The molecule has 0 saturated heterocycles. The zero-order valence-electron chi connectivity index (χ0n) is 13.2. The van der Waals surface area contributed by atoms with E-state index >= 15 is 0 Å². The average molecular weight is 338 g/mol. The van der Waals surface area contributed by atoms with Crippen LogP contribution in [0.1, 0.15) is 49.4 Å². The minimum absolute atomic E-state index is 0.107. The zero-order valence-corrected chi connectivity index (χ0v) is 14.0. The molecule has 0 aromatic heterocycles. The third-order valence-electron chi connectivity index (χ3n) is 4.50. The Hall–Kier alpha value is -1.60. The summed E-state index contributed by atoms with van der Waals surface area (Å²) in [6, 6.07) is 4.62. The minimum Gasteiger partial charge on any atom is -0.462 e. The number of hydrogen-bond acceptors (Lipinski definition) is 5. The lowest BCUT2D eigenvalue weighted by atomic mass is 9.87. The van der Waals surface area contributed by atoms with Crippen LogP contribution in [0.4, 0.5) is 5.69 Å². The predicted molar refractivity (Wildman–Crippen MR) is 86.7 cm³/mol. The third-order valence-corrected chi connectivity index (χ3v) is 5.98. The maximum absolute atomic E-state index is 12.6. The number of carbonyl (C=O) groups is 1. The second-order valence-corrected chi connectivity index (χ2v) is 7.76. The SMILES string of the molecule is CCOC(=O)c1ccc2c(c1)S(=O)(=O)NC(C1CCCCC1)N2. The van der Waals surface area contributed by atoms with Crippen molar-refractivity contribution in [1.29, 1.82) is 0 Å². The van der Waals surface area contributed by atoms with Gasteiger partial charge in [-0.1, -0.05) is 19.3 Å². The van der Waals surface area contributed by atoms with Gasteiger partial charge in [0, 0.05) is 0 Å². The van der Waals surface area contributed by atoms with Crippen molar-refractivity contribution >= 4 is 21.7 Å². The van der Waals surface area contributed by atoms with Gasteiger partial charge in [0.25, 0.3) is 0 Å². The fourth-order valence-corrected chi connectivity index (χ4v) is 4.73. The van der Waals surface area contributed by atoms with Gasteiger partial charge < -0.3 is 10.1 Å². The summed E-state index contributed by atoms with van der Waals surface area (Å²) in [6.07, 6.45) is 5.27. The number of hydrogen-bond donors (Lipinski definition) is 2. The number of benzene rings is 1. The van der Waals surface area contributed by atoms with Gasteiger partial charge in [-0.15, -0.1) is 0 Å². The first-order valence-corrected chi connectivity index (χ1v) is 9.59. The number of ether oxygens (including phenoxy) is 1. The van der Waals surface area contributed by atoms with Gasteiger partial charge >= 0.3 is 5.97 Å². The van der Waals surface area contributed by atoms with Gasteiger partial charge in [-0.05, 0) is 43.9 Å². The van der Waals surface area contributed by atoms with E-state index in [1.165, 1.54) is 12.5 Å². The number of anilines is 1. The summed E-state index contributed by atoms with van der Waals surface area (Å²) in [5.74, 6) is -0.212. The molecule has 1 unspecified atom stereocenters. The lowest BCUT2D eigenvalue weighted by molar-refractivity contribution is 0.0526. The van der Waals surface area contributed by atoms with Crippen molar-refractivity contribution < 1.29 is 17.9 Å². The number of carbonyl (C=O) groups excluding carboxylic acids is 1. The highest BCUT2D eigenvalue weighted by molar-refractivity contribution is 7.89. The molecule has 6 nitrogen and oxygen atoms in total. The Morgan fingerprint density at radius 2 is 2.00 bits per heavy atom. The standard InChI is InChI=1S/C16H22N2O4S/c1-2-22-16(19)12-8-9-13-14(10-12)23(20,21)18-15(17-13)11-6-4-3-5-7-11/h8-11,15,17-18H,2-7H2,1H3. The Balaban J connectivity index is 1.88. The first-order valence-electron chi connectivity index (χ1n) is 8.11. The smallest absolute Gasteiger partial charge is 0.338 e. The molecule has 1 aromatic rings. The lowest BCUT2D eigenvalue weighted by Gasteiger charge is -2.35. The van der Waals surface area contributed by atoms with Crippen LogP contribution in [0.15, 0.2) is 23.1 Å². The molecule has 0 spiro atoms. The lowest BCUT2D eigenvalue weighted by Crippen LogP contribution is -2.49. The van der Waals surface area contributed by atoms with E-state index in [0.717, 1.165) is 25.7 Å². The molecular weight excluding hydrogens is 316 g/mol. The summed E-state index contributed by atoms with van der Waals surface area (Å²) in [4.78, 5) is 11.9. The summed E-state index contributed by atoms with van der Waals surface area (Å²) in [7, 11) is -3.63. The highest BCUT2D eigenvalue weighted by Crippen LogP contribution is 2.33. The molecule has 126 valence electrons. The van der Waals surface area contributed by atoms with E-state index in [1.54, 1.807) is 19.1 Å². The van der Waals surface area contributed by atoms with Crippen molar-refractivity contribution in [2.45, 2.75) is 50.1 Å². The van der Waals surface area contributed by atoms with Gasteiger partial charge in [-0.25, -0.2) is 13.2 Å². The van der Waals surface area contributed by atoms with Crippen molar-refractivity contribution in [3.05, 3.63) is 23.8 Å². The Morgan fingerprint density at radius 3 is 2.70 bits per heavy atom. The molecule has 23 heavy (non-hydrogen) atoms. The second kappa shape index (κ2) is 6.49. The van der Waals surface area contributed by atoms with Gasteiger partial charge in [0.1, 0.15) is 4.90 Å².